The van der Waals surface area contributed by atoms with Crippen molar-refractivity contribution in [1.29, 1.82) is 5.26 Å². The molecule has 0 saturated heterocycles. The summed E-state index contributed by atoms with van der Waals surface area (Å²) < 4.78 is 122. The molecule has 0 aliphatic carbocycles. The first-order valence-electron chi connectivity index (χ1n) is 7.68. The minimum atomic E-state index is -5.70. The fourth-order valence-electron chi connectivity index (χ4n) is 1.90. The highest BCUT2D eigenvalue weighted by Crippen LogP contribution is 2.44. The van der Waals surface area contributed by atoms with Gasteiger partial charge in [-0.1, -0.05) is 24.3 Å². The van der Waals surface area contributed by atoms with E-state index >= 15 is 0 Å². The number of hydrogen-bond donors (Lipinski definition) is 1. The number of carbonyl (C=O) groups is 1. The fraction of sp³-hybridized carbons (Fsp3) is 0.222. The molecule has 0 bridgehead atoms. The molecule has 0 aromatic heterocycles. The Balaban J connectivity index is 0.000000311. The summed E-state index contributed by atoms with van der Waals surface area (Å²) in [7, 11) is 0. The van der Waals surface area contributed by atoms with E-state index < -0.39 is 41.3 Å². The van der Waals surface area contributed by atoms with Crippen molar-refractivity contribution in [3.8, 4) is 6.07 Å². The van der Waals surface area contributed by atoms with E-state index in [1.807, 2.05) is 0 Å². The Kier molecular flexibility index (Phi) is 7.33. The van der Waals surface area contributed by atoms with Crippen LogP contribution in [-0.4, -0.2) is 23.4 Å². The standard InChI is InChI=1S/C9H4F5N.C9H5F5O2/c10-8(11,9(12,13)14)7-3-1-6(5-15)2-4-7;10-8(11,9(12,13)14)6-3-1-5(2-4-6)7(15)16/h1-4H;1-4H,(H,15,16). The number of hydrogen-bond acceptors (Lipinski definition) is 2. The van der Waals surface area contributed by atoms with E-state index in [1.54, 1.807) is 6.07 Å². The summed E-state index contributed by atoms with van der Waals surface area (Å²) in [4.78, 5) is 10.3. The van der Waals surface area contributed by atoms with Crippen LogP contribution >= 0.6 is 0 Å². The number of aromatic carboxylic acids is 1. The molecule has 0 unspecified atom stereocenters. The van der Waals surface area contributed by atoms with E-state index in [4.69, 9.17) is 10.4 Å². The van der Waals surface area contributed by atoms with Gasteiger partial charge in [0.2, 0.25) is 0 Å². The lowest BCUT2D eigenvalue weighted by atomic mass is 10.1. The fourth-order valence-corrected chi connectivity index (χ4v) is 1.90. The summed E-state index contributed by atoms with van der Waals surface area (Å²) in [6, 6.07) is 6.89. The van der Waals surface area contributed by atoms with E-state index in [-0.39, 0.29) is 11.1 Å². The zero-order valence-corrected chi connectivity index (χ0v) is 14.7. The van der Waals surface area contributed by atoms with Gasteiger partial charge in [0.15, 0.2) is 0 Å². The van der Waals surface area contributed by atoms with Crippen molar-refractivity contribution in [3.05, 3.63) is 70.8 Å². The van der Waals surface area contributed by atoms with Crippen molar-refractivity contribution in [2.75, 3.05) is 0 Å². The maximum atomic E-state index is 12.7. The van der Waals surface area contributed by atoms with E-state index in [2.05, 4.69) is 0 Å². The normalized spacial score (nSPS) is 12.4. The van der Waals surface area contributed by atoms with Gasteiger partial charge in [-0.3, -0.25) is 0 Å². The Bertz CT molecular complexity index is 940. The second kappa shape index (κ2) is 8.83. The Morgan fingerprint density at radius 2 is 1.00 bits per heavy atom. The molecule has 2 aromatic carbocycles. The van der Waals surface area contributed by atoms with Gasteiger partial charge in [-0.25, -0.2) is 4.79 Å². The zero-order chi connectivity index (χ0) is 24.3. The van der Waals surface area contributed by atoms with Gasteiger partial charge >= 0.3 is 30.2 Å². The molecule has 2 rings (SSSR count). The lowest BCUT2D eigenvalue weighted by Gasteiger charge is -2.19. The predicted octanol–water partition coefficient (Wildman–Crippen LogP) is 6.25. The van der Waals surface area contributed by atoms with Gasteiger partial charge in [-0.15, -0.1) is 0 Å². The Morgan fingerprint density at radius 1 is 0.677 bits per heavy atom. The highest BCUT2D eigenvalue weighted by Gasteiger charge is 2.59. The minimum Gasteiger partial charge on any atom is -0.478 e. The zero-order valence-electron chi connectivity index (χ0n) is 14.7. The van der Waals surface area contributed by atoms with Gasteiger partial charge in [-0.05, 0) is 24.3 Å². The Labute approximate surface area is 167 Å². The van der Waals surface area contributed by atoms with Crippen LogP contribution in [0.3, 0.4) is 0 Å². The monoisotopic (exact) mass is 461 g/mol. The van der Waals surface area contributed by atoms with Crippen LogP contribution in [0.25, 0.3) is 0 Å². The molecule has 0 aliphatic rings. The third kappa shape index (κ3) is 5.87. The van der Waals surface area contributed by atoms with Crippen molar-refractivity contribution in [2.24, 2.45) is 0 Å². The number of carboxylic acids is 1. The lowest BCUT2D eigenvalue weighted by molar-refractivity contribution is -0.289. The summed E-state index contributed by atoms with van der Waals surface area (Å²) >= 11 is 0. The number of alkyl halides is 10. The number of halogens is 10. The van der Waals surface area contributed by atoms with Gasteiger partial charge in [-0.2, -0.15) is 49.2 Å². The van der Waals surface area contributed by atoms with Crippen LogP contribution in [0.5, 0.6) is 0 Å². The van der Waals surface area contributed by atoms with Gasteiger partial charge in [0.25, 0.3) is 0 Å². The molecule has 0 saturated carbocycles. The average molecular weight is 461 g/mol. The molecule has 0 radical (unpaired) electrons. The summed E-state index contributed by atoms with van der Waals surface area (Å²) in [5.41, 5.74) is -2.79. The minimum absolute atomic E-state index is 0.0247. The Hall–Kier alpha value is -3.30. The molecule has 0 heterocycles. The molecule has 168 valence electrons. The molecular weight excluding hydrogens is 452 g/mol. The van der Waals surface area contributed by atoms with Crippen LogP contribution < -0.4 is 0 Å². The van der Waals surface area contributed by atoms with Crippen LogP contribution in [0.15, 0.2) is 48.5 Å². The van der Waals surface area contributed by atoms with Crippen molar-refractivity contribution < 1.29 is 53.8 Å². The van der Waals surface area contributed by atoms with Gasteiger partial charge in [0.1, 0.15) is 0 Å². The largest absolute Gasteiger partial charge is 0.478 e. The molecule has 0 spiro atoms. The van der Waals surface area contributed by atoms with Crippen molar-refractivity contribution in [2.45, 2.75) is 24.2 Å². The first kappa shape index (κ1) is 25.7. The maximum Gasteiger partial charge on any atom is 0.458 e. The predicted molar refractivity (Wildman–Crippen MR) is 84.5 cm³/mol. The number of nitriles is 1. The summed E-state index contributed by atoms with van der Waals surface area (Å²) in [6.07, 6.45) is -11.3. The van der Waals surface area contributed by atoms with Crippen molar-refractivity contribution >= 4 is 5.97 Å². The number of rotatable bonds is 3. The molecule has 2 aromatic rings. The molecule has 0 fully saturated rings. The Morgan fingerprint density at radius 3 is 1.26 bits per heavy atom. The van der Waals surface area contributed by atoms with Gasteiger partial charge < -0.3 is 5.11 Å². The number of benzene rings is 2. The highest BCUT2D eigenvalue weighted by atomic mass is 19.4. The average Bonchev–Trinajstić information content (AvgIpc) is 2.67. The smallest absolute Gasteiger partial charge is 0.458 e. The van der Waals surface area contributed by atoms with Crippen LogP contribution in [0.1, 0.15) is 27.0 Å². The van der Waals surface area contributed by atoms with E-state index in [0.29, 0.717) is 36.4 Å². The molecule has 31 heavy (non-hydrogen) atoms. The molecular formula is C18H9F10NO2. The summed E-state index contributed by atoms with van der Waals surface area (Å²) in [5, 5.41) is 16.8. The van der Waals surface area contributed by atoms with Gasteiger partial charge in [0, 0.05) is 11.1 Å². The second-order valence-corrected chi connectivity index (χ2v) is 5.72. The first-order valence-corrected chi connectivity index (χ1v) is 7.68. The molecule has 0 amide bonds. The van der Waals surface area contributed by atoms with Crippen LogP contribution in [-0.2, 0) is 11.8 Å². The quantitative estimate of drug-likeness (QED) is 0.550. The van der Waals surface area contributed by atoms with Crippen LogP contribution in [0.2, 0.25) is 0 Å². The van der Waals surface area contributed by atoms with Crippen molar-refractivity contribution in [3.63, 3.8) is 0 Å². The third-order valence-electron chi connectivity index (χ3n) is 3.58. The summed E-state index contributed by atoms with van der Waals surface area (Å²) in [6.45, 7) is 0. The van der Waals surface area contributed by atoms with Crippen LogP contribution in [0, 0.1) is 11.3 Å². The molecule has 0 atom stereocenters. The number of nitrogens with zero attached hydrogens (tertiary/aromatic N) is 1. The van der Waals surface area contributed by atoms with E-state index in [1.165, 1.54) is 0 Å². The first-order chi connectivity index (χ1) is 13.9. The second-order valence-electron chi connectivity index (χ2n) is 5.72. The topological polar surface area (TPSA) is 61.1 Å². The van der Waals surface area contributed by atoms with E-state index in [0.717, 1.165) is 12.1 Å². The molecule has 3 nitrogen and oxygen atoms in total. The lowest BCUT2D eigenvalue weighted by Crippen LogP contribution is -2.33. The van der Waals surface area contributed by atoms with Gasteiger partial charge in [0.05, 0.1) is 17.2 Å². The SMILES string of the molecule is N#Cc1ccc(C(F)(F)C(F)(F)F)cc1.O=C(O)c1ccc(C(F)(F)C(F)(F)F)cc1. The van der Waals surface area contributed by atoms with Crippen molar-refractivity contribution in [1.82, 2.24) is 0 Å². The van der Waals surface area contributed by atoms with Crippen LogP contribution in [0.4, 0.5) is 43.9 Å². The van der Waals surface area contributed by atoms with E-state index in [9.17, 15) is 48.7 Å². The molecule has 13 heteroatoms. The molecule has 1 N–H and O–H groups in total. The third-order valence-corrected chi connectivity index (χ3v) is 3.58. The highest BCUT2D eigenvalue weighted by molar-refractivity contribution is 5.87. The maximum absolute atomic E-state index is 12.7. The summed E-state index contributed by atoms with van der Waals surface area (Å²) in [5.74, 6) is -11.3. The number of carboxylic acid groups (broad SMARTS) is 1. The molecule has 0 aliphatic heterocycles.